The summed E-state index contributed by atoms with van der Waals surface area (Å²) in [5.74, 6) is 0. The van der Waals surface area contributed by atoms with Gasteiger partial charge in [-0.1, -0.05) is 12.1 Å². The van der Waals surface area contributed by atoms with Gasteiger partial charge < -0.3 is 14.8 Å². The van der Waals surface area contributed by atoms with Crippen LogP contribution >= 0.6 is 12.2 Å². The molecule has 1 saturated heterocycles. The number of benzene rings is 1. The Morgan fingerprint density at radius 1 is 1.00 bits per heavy atom. The molecule has 3 heterocycles. The minimum absolute atomic E-state index is 0.0133. The third-order valence-electron chi connectivity index (χ3n) is 5.94. The van der Waals surface area contributed by atoms with Crippen molar-refractivity contribution in [1.29, 1.82) is 0 Å². The molecule has 1 aliphatic rings. The van der Waals surface area contributed by atoms with Crippen LogP contribution < -0.4 is 10.2 Å². The second-order valence-electron chi connectivity index (χ2n) is 8.63. The predicted octanol–water partition coefficient (Wildman–Crippen LogP) is 5.87. The highest BCUT2D eigenvalue weighted by Gasteiger charge is 2.42. The summed E-state index contributed by atoms with van der Waals surface area (Å²) in [6.45, 7) is 13.2. The van der Waals surface area contributed by atoms with Gasteiger partial charge in [-0.15, -0.1) is 0 Å². The minimum Gasteiger partial charge on any atom is -0.351 e. The number of rotatable bonds is 4. The molecule has 3 aromatic rings. The Labute approximate surface area is 184 Å². The smallest absolute Gasteiger partial charge is 0.174 e. The monoisotopic (exact) mass is 418 g/mol. The molecule has 0 aliphatic carbocycles. The van der Waals surface area contributed by atoms with Crippen molar-refractivity contribution in [2.45, 2.75) is 59.7 Å². The molecular formula is C25H30N4S. The first kappa shape index (κ1) is 20.6. The van der Waals surface area contributed by atoms with Gasteiger partial charge in [0.2, 0.25) is 0 Å². The Hall–Kier alpha value is -2.66. The average Bonchev–Trinajstić information content (AvgIpc) is 3.17. The summed E-state index contributed by atoms with van der Waals surface area (Å²) >= 11 is 5.88. The normalized spacial score (nSPS) is 18.9. The van der Waals surface area contributed by atoms with E-state index in [0.29, 0.717) is 6.04 Å². The summed E-state index contributed by atoms with van der Waals surface area (Å²) in [6, 6.07) is 15.5. The van der Waals surface area contributed by atoms with E-state index in [1.807, 2.05) is 18.3 Å². The molecule has 4 nitrogen and oxygen atoms in total. The maximum atomic E-state index is 5.88. The van der Waals surface area contributed by atoms with E-state index in [1.54, 1.807) is 0 Å². The lowest BCUT2D eigenvalue weighted by molar-refractivity contribution is 0.547. The van der Waals surface area contributed by atoms with Gasteiger partial charge in [0, 0.05) is 29.3 Å². The second kappa shape index (κ2) is 7.88. The molecule has 0 unspecified atom stereocenters. The number of pyridine rings is 1. The molecule has 1 fully saturated rings. The number of hydrogen-bond donors (Lipinski definition) is 1. The van der Waals surface area contributed by atoms with Crippen molar-refractivity contribution in [2.75, 3.05) is 4.90 Å². The van der Waals surface area contributed by atoms with Crippen molar-refractivity contribution < 1.29 is 0 Å². The highest BCUT2D eigenvalue weighted by molar-refractivity contribution is 7.80. The Morgan fingerprint density at radius 2 is 1.70 bits per heavy atom. The lowest BCUT2D eigenvalue weighted by atomic mass is 9.96. The van der Waals surface area contributed by atoms with Crippen LogP contribution in [-0.4, -0.2) is 14.7 Å². The topological polar surface area (TPSA) is 33.1 Å². The Bertz CT molecular complexity index is 1060. The maximum Gasteiger partial charge on any atom is 0.174 e. The van der Waals surface area contributed by atoms with Gasteiger partial charge in [0.05, 0.1) is 17.8 Å². The zero-order valence-corrected chi connectivity index (χ0v) is 19.4. The average molecular weight is 419 g/mol. The molecule has 4 rings (SSSR count). The fraction of sp³-hybridized carbons (Fsp3) is 0.360. The van der Waals surface area contributed by atoms with E-state index < -0.39 is 0 Å². The molecule has 0 saturated carbocycles. The third kappa shape index (κ3) is 3.52. The van der Waals surface area contributed by atoms with Crippen LogP contribution in [0.15, 0.2) is 48.7 Å². The van der Waals surface area contributed by atoms with Gasteiger partial charge in [-0.3, -0.25) is 4.98 Å². The molecule has 1 aliphatic heterocycles. The number of aryl methyl sites for hydroxylation is 3. The van der Waals surface area contributed by atoms with Gasteiger partial charge in [0.15, 0.2) is 5.11 Å². The zero-order valence-electron chi connectivity index (χ0n) is 18.6. The van der Waals surface area contributed by atoms with Crippen LogP contribution in [0.1, 0.15) is 65.7 Å². The fourth-order valence-electron chi connectivity index (χ4n) is 4.94. The lowest BCUT2D eigenvalue weighted by Gasteiger charge is -2.29. The molecular weight excluding hydrogens is 388 g/mol. The Kier molecular flexibility index (Phi) is 5.41. The Balaban J connectivity index is 1.91. The summed E-state index contributed by atoms with van der Waals surface area (Å²) in [7, 11) is 0. The van der Waals surface area contributed by atoms with Gasteiger partial charge in [-0.05, 0) is 101 Å². The number of hydrogen-bond acceptors (Lipinski definition) is 2. The maximum absolute atomic E-state index is 5.88. The summed E-state index contributed by atoms with van der Waals surface area (Å²) in [5, 5.41) is 4.32. The SMILES string of the molecule is Cc1cc(C)cc(N2C(=S)N[C@@H](c3ccccn3)[C@H]2c2cc(C)n(C(C)C)c2C)c1. The summed E-state index contributed by atoms with van der Waals surface area (Å²) in [6.07, 6.45) is 1.86. The van der Waals surface area contributed by atoms with Crippen LogP contribution in [0.3, 0.4) is 0 Å². The number of nitrogens with one attached hydrogen (secondary N) is 1. The molecule has 1 N–H and O–H groups in total. The highest BCUT2D eigenvalue weighted by Crippen LogP contribution is 2.44. The van der Waals surface area contributed by atoms with E-state index >= 15 is 0 Å². The standard InChI is InChI=1S/C25H30N4S/c1-15(2)28-18(5)14-21(19(28)6)24-23(22-9-7-8-10-26-22)27-25(30)29(24)20-12-16(3)11-17(4)13-20/h7-15,23-24H,1-6H3,(H,27,30)/t23-,24+/m0/s1. The molecule has 2 aromatic heterocycles. The van der Waals surface area contributed by atoms with Crippen molar-refractivity contribution in [3.05, 3.63) is 82.4 Å². The van der Waals surface area contributed by atoms with Gasteiger partial charge in [-0.2, -0.15) is 0 Å². The van der Waals surface area contributed by atoms with Crippen LogP contribution in [0.2, 0.25) is 0 Å². The van der Waals surface area contributed by atoms with Crippen molar-refractivity contribution in [2.24, 2.45) is 0 Å². The minimum atomic E-state index is -0.0133. The van der Waals surface area contributed by atoms with Crippen LogP contribution in [0.5, 0.6) is 0 Å². The summed E-state index contributed by atoms with van der Waals surface area (Å²) in [4.78, 5) is 6.95. The van der Waals surface area contributed by atoms with Crippen molar-refractivity contribution in [3.8, 4) is 0 Å². The lowest BCUT2D eigenvalue weighted by Crippen LogP contribution is -2.29. The van der Waals surface area contributed by atoms with E-state index in [1.165, 1.54) is 28.1 Å². The van der Waals surface area contributed by atoms with Gasteiger partial charge >= 0.3 is 0 Å². The predicted molar refractivity (Wildman–Crippen MR) is 128 cm³/mol. The van der Waals surface area contributed by atoms with E-state index in [9.17, 15) is 0 Å². The first-order valence-corrected chi connectivity index (χ1v) is 11.0. The summed E-state index contributed by atoms with van der Waals surface area (Å²) in [5.41, 5.74) is 8.46. The number of anilines is 1. The van der Waals surface area contributed by atoms with E-state index in [0.717, 1.165) is 16.5 Å². The van der Waals surface area contributed by atoms with Crippen LogP contribution in [0.4, 0.5) is 5.69 Å². The molecule has 0 amide bonds. The van der Waals surface area contributed by atoms with Crippen molar-refractivity contribution >= 4 is 23.0 Å². The van der Waals surface area contributed by atoms with Gasteiger partial charge in [-0.25, -0.2) is 0 Å². The number of aromatic nitrogens is 2. The number of nitrogens with zero attached hydrogens (tertiary/aromatic N) is 3. The number of thiocarbonyl (C=S) groups is 1. The first-order valence-electron chi connectivity index (χ1n) is 10.5. The molecule has 0 radical (unpaired) electrons. The van der Waals surface area contributed by atoms with Crippen LogP contribution in [0.25, 0.3) is 0 Å². The van der Waals surface area contributed by atoms with Crippen LogP contribution in [-0.2, 0) is 0 Å². The quantitative estimate of drug-likeness (QED) is 0.537. The van der Waals surface area contributed by atoms with Gasteiger partial charge in [0.25, 0.3) is 0 Å². The van der Waals surface area contributed by atoms with E-state index in [4.69, 9.17) is 12.2 Å². The second-order valence-corrected chi connectivity index (χ2v) is 9.02. The Morgan fingerprint density at radius 3 is 2.27 bits per heavy atom. The largest absolute Gasteiger partial charge is 0.351 e. The molecule has 156 valence electrons. The molecule has 0 bridgehead atoms. The molecule has 1 aromatic carbocycles. The van der Waals surface area contributed by atoms with Gasteiger partial charge in [0.1, 0.15) is 0 Å². The molecule has 5 heteroatoms. The summed E-state index contributed by atoms with van der Waals surface area (Å²) < 4.78 is 2.41. The van der Waals surface area contributed by atoms with E-state index in [-0.39, 0.29) is 12.1 Å². The van der Waals surface area contributed by atoms with Crippen molar-refractivity contribution in [3.63, 3.8) is 0 Å². The molecule has 30 heavy (non-hydrogen) atoms. The third-order valence-corrected chi connectivity index (χ3v) is 6.26. The fourth-order valence-corrected chi connectivity index (χ4v) is 5.28. The first-order chi connectivity index (χ1) is 14.3. The molecule has 0 spiro atoms. The molecule has 2 atom stereocenters. The van der Waals surface area contributed by atoms with Crippen molar-refractivity contribution in [1.82, 2.24) is 14.9 Å². The highest BCUT2D eigenvalue weighted by atomic mass is 32.1. The zero-order chi connectivity index (χ0) is 21.6. The van der Waals surface area contributed by atoms with E-state index in [2.05, 4.69) is 91.6 Å². The van der Waals surface area contributed by atoms with Crippen LogP contribution in [0, 0.1) is 27.7 Å².